The van der Waals surface area contributed by atoms with Gasteiger partial charge in [-0.1, -0.05) is 6.58 Å². The summed E-state index contributed by atoms with van der Waals surface area (Å²) in [6, 6.07) is 1.90. The summed E-state index contributed by atoms with van der Waals surface area (Å²) in [5.41, 5.74) is 0.356. The van der Waals surface area contributed by atoms with Crippen molar-refractivity contribution in [2.24, 2.45) is 0 Å². The van der Waals surface area contributed by atoms with Gasteiger partial charge in [-0.3, -0.25) is 0 Å². The lowest BCUT2D eigenvalue weighted by molar-refractivity contribution is -0.143. The highest BCUT2D eigenvalue weighted by Crippen LogP contribution is 2.00. The molecule has 0 radical (unpaired) electrons. The smallest absolute Gasteiger partial charge is 0.333 e. The van der Waals surface area contributed by atoms with Gasteiger partial charge in [0.2, 0.25) is 0 Å². The van der Waals surface area contributed by atoms with Crippen molar-refractivity contribution in [3.63, 3.8) is 0 Å². The SMILES string of the molecule is C=C(C)C(=O)OC(C)CC#N. The van der Waals surface area contributed by atoms with Crippen LogP contribution in [0.25, 0.3) is 0 Å². The Morgan fingerprint density at radius 2 is 2.36 bits per heavy atom. The molecule has 1 atom stereocenters. The molecule has 0 N–H and O–H groups in total. The summed E-state index contributed by atoms with van der Waals surface area (Å²) in [6.45, 7) is 6.65. The average molecular weight is 153 g/mol. The third-order valence-corrected chi connectivity index (χ3v) is 1.04. The summed E-state index contributed by atoms with van der Waals surface area (Å²) in [6.07, 6.45) is -0.122. The molecule has 0 heterocycles. The molecule has 0 amide bonds. The summed E-state index contributed by atoms with van der Waals surface area (Å²) < 4.78 is 4.79. The molecule has 0 saturated heterocycles. The van der Waals surface area contributed by atoms with Crippen LogP contribution in [0.15, 0.2) is 12.2 Å². The molecular weight excluding hydrogens is 142 g/mol. The molecule has 11 heavy (non-hydrogen) atoms. The lowest BCUT2D eigenvalue weighted by Crippen LogP contribution is -2.14. The Morgan fingerprint density at radius 1 is 1.82 bits per heavy atom. The predicted octanol–water partition coefficient (Wildman–Crippen LogP) is 1.41. The highest BCUT2D eigenvalue weighted by molar-refractivity contribution is 5.87. The molecule has 0 aromatic rings. The first kappa shape index (κ1) is 9.70. The van der Waals surface area contributed by atoms with E-state index in [1.165, 1.54) is 0 Å². The van der Waals surface area contributed by atoms with Crippen LogP contribution < -0.4 is 0 Å². The molecule has 3 heteroatoms. The number of carbonyl (C=O) groups is 1. The van der Waals surface area contributed by atoms with E-state index in [2.05, 4.69) is 6.58 Å². The van der Waals surface area contributed by atoms with Crippen molar-refractivity contribution in [1.82, 2.24) is 0 Å². The van der Waals surface area contributed by atoms with Crippen LogP contribution in [-0.4, -0.2) is 12.1 Å². The number of nitrogens with zero attached hydrogens (tertiary/aromatic N) is 1. The van der Waals surface area contributed by atoms with Gasteiger partial charge in [0, 0.05) is 5.57 Å². The number of nitriles is 1. The third-order valence-electron chi connectivity index (χ3n) is 1.04. The van der Waals surface area contributed by atoms with Crippen molar-refractivity contribution in [1.29, 1.82) is 5.26 Å². The van der Waals surface area contributed by atoms with E-state index in [1.807, 2.05) is 6.07 Å². The van der Waals surface area contributed by atoms with E-state index >= 15 is 0 Å². The Labute approximate surface area is 66.3 Å². The number of hydrogen-bond acceptors (Lipinski definition) is 3. The molecule has 0 aromatic heterocycles. The number of ether oxygens (including phenoxy) is 1. The highest BCUT2D eigenvalue weighted by Gasteiger charge is 2.08. The molecule has 0 saturated carbocycles. The van der Waals surface area contributed by atoms with Crippen molar-refractivity contribution >= 4 is 5.97 Å². The Balaban J connectivity index is 3.77. The highest BCUT2D eigenvalue weighted by atomic mass is 16.5. The molecular formula is C8H11NO2. The number of esters is 1. The molecule has 0 aliphatic heterocycles. The minimum Gasteiger partial charge on any atom is -0.458 e. The number of carbonyl (C=O) groups excluding carboxylic acids is 1. The van der Waals surface area contributed by atoms with Gasteiger partial charge >= 0.3 is 5.97 Å². The van der Waals surface area contributed by atoms with Gasteiger partial charge in [-0.15, -0.1) is 0 Å². The van der Waals surface area contributed by atoms with E-state index in [-0.39, 0.29) is 12.5 Å². The van der Waals surface area contributed by atoms with Crippen LogP contribution >= 0.6 is 0 Å². The second kappa shape index (κ2) is 4.51. The topological polar surface area (TPSA) is 50.1 Å². The Hall–Kier alpha value is -1.30. The van der Waals surface area contributed by atoms with E-state index in [4.69, 9.17) is 10.00 Å². The average Bonchev–Trinajstić information content (AvgIpc) is 1.87. The van der Waals surface area contributed by atoms with Crippen molar-refractivity contribution < 1.29 is 9.53 Å². The van der Waals surface area contributed by atoms with Gasteiger partial charge in [0.15, 0.2) is 0 Å². The maximum absolute atomic E-state index is 10.8. The minimum absolute atomic E-state index is 0.221. The molecule has 0 bridgehead atoms. The predicted molar refractivity (Wildman–Crippen MR) is 40.6 cm³/mol. The van der Waals surface area contributed by atoms with E-state index in [9.17, 15) is 4.79 Å². The Morgan fingerprint density at radius 3 is 2.73 bits per heavy atom. The maximum atomic E-state index is 10.8. The van der Waals surface area contributed by atoms with E-state index in [0.29, 0.717) is 5.57 Å². The van der Waals surface area contributed by atoms with E-state index < -0.39 is 5.97 Å². The van der Waals surface area contributed by atoms with Crippen LogP contribution in [0.1, 0.15) is 20.3 Å². The van der Waals surface area contributed by atoms with Crippen molar-refractivity contribution in [2.75, 3.05) is 0 Å². The Bertz CT molecular complexity index is 203. The first-order valence-corrected chi connectivity index (χ1v) is 3.31. The second-order valence-electron chi connectivity index (χ2n) is 2.36. The zero-order valence-electron chi connectivity index (χ0n) is 6.76. The lowest BCUT2D eigenvalue weighted by atomic mass is 10.3. The fraction of sp³-hybridized carbons (Fsp3) is 0.500. The number of hydrogen-bond donors (Lipinski definition) is 0. The normalized spacial score (nSPS) is 11.4. The van der Waals surface area contributed by atoms with Crippen LogP contribution in [0, 0.1) is 11.3 Å². The quantitative estimate of drug-likeness (QED) is 0.455. The second-order valence-corrected chi connectivity index (χ2v) is 2.36. The fourth-order valence-corrected chi connectivity index (χ4v) is 0.454. The van der Waals surface area contributed by atoms with Crippen LogP contribution in [0.3, 0.4) is 0 Å². The fourth-order valence-electron chi connectivity index (χ4n) is 0.454. The van der Waals surface area contributed by atoms with E-state index in [0.717, 1.165) is 0 Å². The van der Waals surface area contributed by atoms with Gasteiger partial charge in [0.05, 0.1) is 12.5 Å². The van der Waals surface area contributed by atoms with Gasteiger partial charge < -0.3 is 4.74 Å². The monoisotopic (exact) mass is 153 g/mol. The molecule has 0 aliphatic carbocycles. The van der Waals surface area contributed by atoms with Crippen LogP contribution in [0.4, 0.5) is 0 Å². The molecule has 1 unspecified atom stereocenters. The summed E-state index contributed by atoms with van der Waals surface area (Å²) in [4.78, 5) is 10.8. The summed E-state index contributed by atoms with van der Waals surface area (Å²) in [5, 5.41) is 8.22. The molecule has 3 nitrogen and oxygen atoms in total. The van der Waals surface area contributed by atoms with Crippen molar-refractivity contribution in [3.05, 3.63) is 12.2 Å². The summed E-state index contributed by atoms with van der Waals surface area (Å²) in [7, 11) is 0. The van der Waals surface area contributed by atoms with Gasteiger partial charge in [-0.25, -0.2) is 4.79 Å². The largest absolute Gasteiger partial charge is 0.458 e. The molecule has 0 fully saturated rings. The first-order valence-electron chi connectivity index (χ1n) is 3.31. The van der Waals surface area contributed by atoms with Crippen LogP contribution in [-0.2, 0) is 9.53 Å². The standard InChI is InChI=1S/C8H11NO2/c1-6(2)8(10)11-7(3)4-5-9/h7H,1,4H2,2-3H3. The molecule has 0 rings (SSSR count). The third kappa shape index (κ3) is 4.15. The molecule has 0 aliphatic rings. The molecule has 60 valence electrons. The molecule has 0 spiro atoms. The zero-order valence-corrected chi connectivity index (χ0v) is 6.76. The van der Waals surface area contributed by atoms with Gasteiger partial charge in [0.1, 0.15) is 6.10 Å². The van der Waals surface area contributed by atoms with Gasteiger partial charge in [0.25, 0.3) is 0 Å². The number of rotatable bonds is 3. The van der Waals surface area contributed by atoms with Crippen LogP contribution in [0.2, 0.25) is 0 Å². The van der Waals surface area contributed by atoms with Gasteiger partial charge in [-0.2, -0.15) is 5.26 Å². The lowest BCUT2D eigenvalue weighted by Gasteiger charge is -2.08. The zero-order chi connectivity index (χ0) is 8.85. The van der Waals surface area contributed by atoms with Gasteiger partial charge in [-0.05, 0) is 13.8 Å². The van der Waals surface area contributed by atoms with Crippen molar-refractivity contribution in [3.8, 4) is 6.07 Å². The maximum Gasteiger partial charge on any atom is 0.333 e. The molecule has 0 aromatic carbocycles. The first-order chi connectivity index (χ1) is 5.07. The van der Waals surface area contributed by atoms with Crippen LogP contribution in [0.5, 0.6) is 0 Å². The summed E-state index contributed by atoms with van der Waals surface area (Å²) in [5.74, 6) is -0.437. The van der Waals surface area contributed by atoms with E-state index in [1.54, 1.807) is 13.8 Å². The Kier molecular flexibility index (Phi) is 3.97. The summed E-state index contributed by atoms with van der Waals surface area (Å²) >= 11 is 0. The van der Waals surface area contributed by atoms with Crippen molar-refractivity contribution in [2.45, 2.75) is 26.4 Å². The minimum atomic E-state index is -0.437.